The average Bonchev–Trinajstić information content (AvgIpc) is 2.64. The smallest absolute Gasteiger partial charge is 0.255 e. The van der Waals surface area contributed by atoms with Gasteiger partial charge in [0.25, 0.3) is 5.91 Å². The molecule has 0 saturated carbocycles. The maximum absolute atomic E-state index is 13.6. The van der Waals surface area contributed by atoms with Crippen LogP contribution in [-0.4, -0.2) is 40.8 Å². The minimum atomic E-state index is -0.366. The van der Waals surface area contributed by atoms with Crippen LogP contribution in [0, 0.1) is 5.82 Å². The molecule has 0 aliphatic carbocycles. The highest BCUT2D eigenvalue weighted by atomic mass is 19.1. The van der Waals surface area contributed by atoms with Crippen molar-refractivity contribution in [1.82, 2.24) is 15.2 Å². The van der Waals surface area contributed by atoms with E-state index in [2.05, 4.69) is 10.3 Å². The number of hydrogen-bond donors (Lipinski definition) is 1. The predicted molar refractivity (Wildman–Crippen MR) is 91.4 cm³/mol. The van der Waals surface area contributed by atoms with Crippen LogP contribution in [0.1, 0.15) is 28.8 Å². The number of rotatable bonds is 4. The van der Waals surface area contributed by atoms with Crippen molar-refractivity contribution in [2.75, 3.05) is 13.1 Å². The van der Waals surface area contributed by atoms with Crippen molar-refractivity contribution in [2.24, 2.45) is 0 Å². The fraction of sp³-hybridized carbons (Fsp3) is 0.316. The Hall–Kier alpha value is -2.76. The van der Waals surface area contributed by atoms with Gasteiger partial charge in [0.05, 0.1) is 12.0 Å². The molecule has 2 aromatic rings. The van der Waals surface area contributed by atoms with Gasteiger partial charge in [-0.05, 0) is 36.6 Å². The molecule has 1 aliphatic heterocycles. The normalized spacial score (nSPS) is 15.0. The van der Waals surface area contributed by atoms with Crippen molar-refractivity contribution in [3.05, 3.63) is 65.7 Å². The maximum atomic E-state index is 13.6. The first-order valence-electron chi connectivity index (χ1n) is 8.35. The van der Waals surface area contributed by atoms with E-state index in [0.717, 1.165) is 0 Å². The first-order chi connectivity index (χ1) is 12.1. The van der Waals surface area contributed by atoms with Gasteiger partial charge in [0, 0.05) is 31.5 Å². The summed E-state index contributed by atoms with van der Waals surface area (Å²) < 4.78 is 13.6. The van der Waals surface area contributed by atoms with E-state index >= 15 is 0 Å². The summed E-state index contributed by atoms with van der Waals surface area (Å²) in [5.41, 5.74) is 0.966. The second-order valence-electron chi connectivity index (χ2n) is 6.14. The predicted octanol–water partition coefficient (Wildman–Crippen LogP) is 2.18. The molecule has 2 heterocycles. The summed E-state index contributed by atoms with van der Waals surface area (Å²) in [5.74, 6) is -0.596. The third-order valence-electron chi connectivity index (χ3n) is 4.36. The number of nitrogens with one attached hydrogen (secondary N) is 1. The summed E-state index contributed by atoms with van der Waals surface area (Å²) >= 11 is 0. The fourth-order valence-corrected chi connectivity index (χ4v) is 2.99. The molecule has 5 nitrogen and oxygen atoms in total. The van der Waals surface area contributed by atoms with Crippen molar-refractivity contribution in [1.29, 1.82) is 0 Å². The maximum Gasteiger partial charge on any atom is 0.255 e. The van der Waals surface area contributed by atoms with Crippen molar-refractivity contribution >= 4 is 11.8 Å². The van der Waals surface area contributed by atoms with Gasteiger partial charge in [0.2, 0.25) is 5.91 Å². The highest BCUT2D eigenvalue weighted by molar-refractivity contribution is 5.93. The molecule has 0 bridgehead atoms. The molecule has 1 saturated heterocycles. The van der Waals surface area contributed by atoms with Crippen LogP contribution in [0.2, 0.25) is 0 Å². The molecule has 1 aromatic carbocycles. The van der Waals surface area contributed by atoms with Gasteiger partial charge in [0.15, 0.2) is 0 Å². The number of carbonyl (C=O) groups excluding carboxylic acids is 2. The van der Waals surface area contributed by atoms with Crippen LogP contribution < -0.4 is 5.32 Å². The number of benzene rings is 1. The van der Waals surface area contributed by atoms with E-state index in [1.807, 2.05) is 0 Å². The van der Waals surface area contributed by atoms with E-state index in [1.54, 1.807) is 47.6 Å². The molecule has 0 spiro atoms. The molecule has 0 radical (unpaired) electrons. The van der Waals surface area contributed by atoms with E-state index in [4.69, 9.17) is 0 Å². The van der Waals surface area contributed by atoms with Gasteiger partial charge in [-0.1, -0.05) is 18.2 Å². The van der Waals surface area contributed by atoms with Crippen molar-refractivity contribution < 1.29 is 14.0 Å². The lowest BCUT2D eigenvalue weighted by Gasteiger charge is -2.32. The Morgan fingerprint density at radius 1 is 1.16 bits per heavy atom. The van der Waals surface area contributed by atoms with Gasteiger partial charge >= 0.3 is 0 Å². The molecular weight excluding hydrogens is 321 g/mol. The van der Waals surface area contributed by atoms with Crippen LogP contribution in [-0.2, 0) is 11.2 Å². The molecule has 1 aromatic heterocycles. The zero-order valence-corrected chi connectivity index (χ0v) is 13.8. The number of likely N-dealkylation sites (tertiary alicyclic amines) is 1. The third kappa shape index (κ3) is 4.41. The topological polar surface area (TPSA) is 62.3 Å². The summed E-state index contributed by atoms with van der Waals surface area (Å²) in [7, 11) is 0. The van der Waals surface area contributed by atoms with Crippen molar-refractivity contribution in [3.8, 4) is 0 Å². The van der Waals surface area contributed by atoms with Crippen LogP contribution in [0.15, 0.2) is 48.8 Å². The molecular formula is C19H20FN3O2. The zero-order valence-electron chi connectivity index (χ0n) is 13.8. The lowest BCUT2D eigenvalue weighted by Crippen LogP contribution is -2.46. The highest BCUT2D eigenvalue weighted by Crippen LogP contribution is 2.14. The van der Waals surface area contributed by atoms with Gasteiger partial charge < -0.3 is 10.2 Å². The molecule has 3 rings (SSSR count). The average molecular weight is 341 g/mol. The van der Waals surface area contributed by atoms with Gasteiger partial charge in [-0.3, -0.25) is 14.6 Å². The van der Waals surface area contributed by atoms with Crippen LogP contribution >= 0.6 is 0 Å². The van der Waals surface area contributed by atoms with Gasteiger partial charge in [-0.15, -0.1) is 0 Å². The summed E-state index contributed by atoms with van der Waals surface area (Å²) in [5, 5.41) is 2.94. The monoisotopic (exact) mass is 341 g/mol. The first kappa shape index (κ1) is 17.1. The number of hydrogen-bond acceptors (Lipinski definition) is 3. The second-order valence-corrected chi connectivity index (χ2v) is 6.14. The minimum absolute atomic E-state index is 0.0113. The first-order valence-corrected chi connectivity index (χ1v) is 8.35. The molecule has 2 amide bonds. The summed E-state index contributed by atoms with van der Waals surface area (Å²) in [6, 6.07) is 9.78. The van der Waals surface area contributed by atoms with E-state index in [9.17, 15) is 14.0 Å². The number of halogens is 1. The molecule has 0 atom stereocenters. The largest absolute Gasteiger partial charge is 0.353 e. The number of aromatic nitrogens is 1. The number of nitrogens with zero attached hydrogens (tertiary/aromatic N) is 2. The molecule has 1 fully saturated rings. The minimum Gasteiger partial charge on any atom is -0.353 e. The molecule has 0 unspecified atom stereocenters. The molecule has 6 heteroatoms. The lowest BCUT2D eigenvalue weighted by molar-refractivity contribution is -0.121. The summed E-state index contributed by atoms with van der Waals surface area (Å²) in [4.78, 5) is 30.2. The Labute approximate surface area is 145 Å². The van der Waals surface area contributed by atoms with Crippen LogP contribution in [0.3, 0.4) is 0 Å². The van der Waals surface area contributed by atoms with Crippen LogP contribution in [0.4, 0.5) is 4.39 Å². The summed E-state index contributed by atoms with van der Waals surface area (Å²) in [6.07, 6.45) is 4.60. The Balaban J connectivity index is 1.48. The molecule has 25 heavy (non-hydrogen) atoms. The number of amides is 2. The SMILES string of the molecule is O=C(Cc1ccccc1F)NC1CCN(C(=O)c2cccnc2)CC1. The van der Waals surface area contributed by atoms with Crippen LogP contribution in [0.25, 0.3) is 0 Å². The quantitative estimate of drug-likeness (QED) is 0.927. The standard InChI is InChI=1S/C19H20FN3O2/c20-17-6-2-1-4-14(17)12-18(24)22-16-7-10-23(11-8-16)19(25)15-5-3-9-21-13-15/h1-6,9,13,16H,7-8,10-12H2,(H,22,24). The number of pyridine rings is 1. The molecule has 130 valence electrons. The molecule has 1 N–H and O–H groups in total. The number of carbonyl (C=O) groups is 2. The molecule has 1 aliphatic rings. The Morgan fingerprint density at radius 2 is 1.92 bits per heavy atom. The second kappa shape index (κ2) is 7.88. The lowest BCUT2D eigenvalue weighted by atomic mass is 10.0. The van der Waals surface area contributed by atoms with Gasteiger partial charge in [-0.2, -0.15) is 0 Å². The summed E-state index contributed by atoms with van der Waals surface area (Å²) in [6.45, 7) is 1.16. The third-order valence-corrected chi connectivity index (χ3v) is 4.36. The van der Waals surface area contributed by atoms with Crippen LogP contribution in [0.5, 0.6) is 0 Å². The zero-order chi connectivity index (χ0) is 17.6. The fourth-order valence-electron chi connectivity index (χ4n) is 2.99. The Morgan fingerprint density at radius 3 is 2.60 bits per heavy atom. The Bertz CT molecular complexity index is 743. The number of piperidine rings is 1. The van der Waals surface area contributed by atoms with Gasteiger partial charge in [0.1, 0.15) is 5.82 Å². The van der Waals surface area contributed by atoms with Gasteiger partial charge in [-0.25, -0.2) is 4.39 Å². The van der Waals surface area contributed by atoms with E-state index in [1.165, 1.54) is 6.07 Å². The highest BCUT2D eigenvalue weighted by Gasteiger charge is 2.24. The Kier molecular flexibility index (Phi) is 5.38. The van der Waals surface area contributed by atoms with E-state index in [0.29, 0.717) is 37.1 Å². The van der Waals surface area contributed by atoms with E-state index in [-0.39, 0.29) is 30.1 Å². The van der Waals surface area contributed by atoms with Crippen molar-refractivity contribution in [2.45, 2.75) is 25.3 Å². The van der Waals surface area contributed by atoms with E-state index < -0.39 is 0 Å². The van der Waals surface area contributed by atoms with Crippen molar-refractivity contribution in [3.63, 3.8) is 0 Å².